The lowest BCUT2D eigenvalue weighted by Gasteiger charge is -2.11. The van der Waals surface area contributed by atoms with E-state index >= 15 is 0 Å². The number of nitrogens with zero attached hydrogens (tertiary/aromatic N) is 9. The topological polar surface area (TPSA) is 146 Å². The highest BCUT2D eigenvalue weighted by Gasteiger charge is 2.19. The second-order valence-corrected chi connectivity index (χ2v) is 19.7. The standard InChI is InChI=1S/C35H23N5O2.C35H23N5/c41-40(42)32-17-8-7-16-30(32)26-18-19-31-27(22-26)20-21-39(31)29-15-9-14-28(23-29)35-37-33(24-10-3-1-4-11-24)36-34(38-35)25-12-5-2-6-13-25;1-3-10-23(11-4-1)33-37-34(24-12-5-2-6-13-24)39-35(38-33)25-14-9-15-26(22-25)40-21-20-29-31(40)19-18-28-27-16-7-8-17-30(27)36-32(28)29/h1-23H;1-22,36H. The first kappa shape index (κ1) is 48.8. The van der Waals surface area contributed by atoms with Crippen LogP contribution in [0.1, 0.15) is 0 Å². The van der Waals surface area contributed by atoms with Crippen LogP contribution in [0, 0.1) is 10.1 Å². The van der Waals surface area contributed by atoms with Gasteiger partial charge in [-0.25, -0.2) is 29.9 Å². The van der Waals surface area contributed by atoms with Crippen LogP contribution in [0.4, 0.5) is 5.69 Å². The van der Waals surface area contributed by atoms with Gasteiger partial charge in [0, 0.05) is 90.3 Å². The maximum absolute atomic E-state index is 11.6. The van der Waals surface area contributed by atoms with E-state index in [0.29, 0.717) is 40.5 Å². The van der Waals surface area contributed by atoms with E-state index in [2.05, 4.69) is 93.1 Å². The van der Waals surface area contributed by atoms with Crippen LogP contribution >= 0.6 is 0 Å². The molecule has 0 atom stereocenters. The number of H-pyrrole nitrogens is 1. The van der Waals surface area contributed by atoms with Gasteiger partial charge in [-0.05, 0) is 72.3 Å². The van der Waals surface area contributed by atoms with Gasteiger partial charge in [0.1, 0.15) is 0 Å². The van der Waals surface area contributed by atoms with Gasteiger partial charge >= 0.3 is 0 Å². The van der Waals surface area contributed by atoms with E-state index in [0.717, 1.165) is 77.8 Å². The number of para-hydroxylation sites is 2. The van der Waals surface area contributed by atoms with Gasteiger partial charge in [-0.1, -0.05) is 188 Å². The van der Waals surface area contributed by atoms with Gasteiger partial charge < -0.3 is 14.1 Å². The molecule has 10 aromatic carbocycles. The number of nitrogens with one attached hydrogen (secondary N) is 1. The van der Waals surface area contributed by atoms with Crippen molar-refractivity contribution in [3.05, 3.63) is 283 Å². The van der Waals surface area contributed by atoms with Crippen molar-refractivity contribution in [1.29, 1.82) is 0 Å². The number of rotatable bonds is 10. The van der Waals surface area contributed by atoms with E-state index in [1.54, 1.807) is 12.1 Å². The molecule has 1 N–H and O–H groups in total. The molecule has 12 nitrogen and oxygen atoms in total. The Kier molecular flexibility index (Phi) is 12.5. The molecule has 0 aliphatic carbocycles. The fourth-order valence-electron chi connectivity index (χ4n) is 10.6. The molecular weight excluding hydrogens is 1010 g/mol. The van der Waals surface area contributed by atoms with E-state index in [4.69, 9.17) is 29.9 Å². The Hall–Kier alpha value is -11.5. The average Bonchev–Trinajstić information content (AvgIpc) is 4.50. The highest BCUT2D eigenvalue weighted by molar-refractivity contribution is 6.16. The lowest BCUT2D eigenvalue weighted by Crippen LogP contribution is -2.00. The van der Waals surface area contributed by atoms with E-state index in [9.17, 15) is 10.1 Å². The molecule has 5 heterocycles. The number of hydrogen-bond acceptors (Lipinski definition) is 8. The first-order valence-electron chi connectivity index (χ1n) is 26.8. The zero-order chi connectivity index (χ0) is 54.9. The summed E-state index contributed by atoms with van der Waals surface area (Å²) in [6, 6.07) is 86.2. The average molecular weight is 1060 g/mol. The molecule has 0 radical (unpaired) electrons. The summed E-state index contributed by atoms with van der Waals surface area (Å²) in [6.45, 7) is 0. The lowest BCUT2D eigenvalue weighted by molar-refractivity contribution is -0.384. The largest absolute Gasteiger partial charge is 0.354 e. The SMILES string of the molecule is O=[N+]([O-])c1ccccc1-c1ccc2c(ccn2-c2cccc(-c3nc(-c4ccccc4)nc(-c4ccccc4)n3)c2)c1.c1ccc(-c2nc(-c3ccccc3)nc(-c3cccc(-n4ccc5c6[nH]c7ccccc7c6ccc54)c3)n2)cc1. The van der Waals surface area contributed by atoms with E-state index in [-0.39, 0.29) is 10.6 Å². The molecule has 0 amide bonds. The van der Waals surface area contributed by atoms with Crippen LogP contribution in [0.25, 0.3) is 134 Å². The van der Waals surface area contributed by atoms with Crippen LogP contribution in [0.2, 0.25) is 0 Å². The third kappa shape index (κ3) is 9.37. The highest BCUT2D eigenvalue weighted by atomic mass is 16.6. The van der Waals surface area contributed by atoms with Crippen molar-refractivity contribution < 1.29 is 4.92 Å². The summed E-state index contributed by atoms with van der Waals surface area (Å²) in [5, 5.41) is 16.2. The molecule has 0 aliphatic rings. The summed E-state index contributed by atoms with van der Waals surface area (Å²) >= 11 is 0. The predicted octanol–water partition coefficient (Wildman–Crippen LogP) is 16.8. The normalized spacial score (nSPS) is 11.3. The van der Waals surface area contributed by atoms with Gasteiger partial charge in [0.05, 0.1) is 27.0 Å². The molecule has 0 unspecified atom stereocenters. The molecule has 0 saturated heterocycles. The van der Waals surface area contributed by atoms with Crippen LogP contribution in [0.3, 0.4) is 0 Å². The molecule has 15 rings (SSSR count). The first-order chi connectivity index (χ1) is 40.5. The zero-order valence-corrected chi connectivity index (χ0v) is 43.8. The van der Waals surface area contributed by atoms with Gasteiger partial charge in [0.15, 0.2) is 34.9 Å². The Morgan fingerprint density at radius 1 is 0.341 bits per heavy atom. The Morgan fingerprint density at radius 3 is 1.32 bits per heavy atom. The van der Waals surface area contributed by atoms with Crippen LogP contribution in [0.5, 0.6) is 0 Å². The lowest BCUT2D eigenvalue weighted by atomic mass is 10.0. The van der Waals surface area contributed by atoms with Crippen LogP contribution in [-0.4, -0.2) is 48.9 Å². The van der Waals surface area contributed by atoms with Gasteiger partial charge in [-0.2, -0.15) is 0 Å². The molecule has 0 fully saturated rings. The number of benzene rings is 10. The second kappa shape index (κ2) is 21.0. The molecule has 0 bridgehead atoms. The van der Waals surface area contributed by atoms with Crippen molar-refractivity contribution in [3.8, 4) is 90.8 Å². The van der Waals surface area contributed by atoms with Gasteiger partial charge in [-0.15, -0.1) is 0 Å². The van der Waals surface area contributed by atoms with Gasteiger partial charge in [0.25, 0.3) is 5.69 Å². The number of hydrogen-bond donors (Lipinski definition) is 1. The number of aromatic amines is 1. The van der Waals surface area contributed by atoms with Gasteiger partial charge in [-0.3, -0.25) is 10.1 Å². The van der Waals surface area contributed by atoms with Gasteiger partial charge in [0.2, 0.25) is 0 Å². The summed E-state index contributed by atoms with van der Waals surface area (Å²) in [6.07, 6.45) is 4.14. The van der Waals surface area contributed by atoms with Crippen molar-refractivity contribution in [1.82, 2.24) is 44.0 Å². The number of nitro benzene ring substituents is 1. The molecule has 15 aromatic rings. The third-order valence-electron chi connectivity index (χ3n) is 14.6. The van der Waals surface area contributed by atoms with Crippen molar-refractivity contribution in [2.24, 2.45) is 0 Å². The number of aromatic nitrogens is 9. The summed E-state index contributed by atoms with van der Waals surface area (Å²) in [4.78, 5) is 44.0. The Labute approximate surface area is 470 Å². The monoisotopic (exact) mass is 1060 g/mol. The summed E-state index contributed by atoms with van der Waals surface area (Å²) in [5.74, 6) is 3.76. The Morgan fingerprint density at radius 2 is 0.780 bits per heavy atom. The molecule has 0 spiro atoms. The molecule has 0 aliphatic heterocycles. The summed E-state index contributed by atoms with van der Waals surface area (Å²) in [7, 11) is 0. The maximum Gasteiger partial charge on any atom is 0.277 e. The molecule has 0 saturated carbocycles. The minimum Gasteiger partial charge on any atom is -0.354 e. The third-order valence-corrected chi connectivity index (χ3v) is 14.6. The van der Waals surface area contributed by atoms with Crippen molar-refractivity contribution in [3.63, 3.8) is 0 Å². The van der Waals surface area contributed by atoms with E-state index < -0.39 is 0 Å². The number of fused-ring (bicyclic) bond motifs is 6. The summed E-state index contributed by atoms with van der Waals surface area (Å²) < 4.78 is 4.32. The quantitative estimate of drug-likeness (QED) is 0.105. The fraction of sp³-hybridized carbons (Fsp3) is 0. The van der Waals surface area contributed by atoms with Crippen molar-refractivity contribution in [2.75, 3.05) is 0 Å². The molecule has 82 heavy (non-hydrogen) atoms. The minimum absolute atomic E-state index is 0.0890. The molecule has 5 aromatic heterocycles. The van der Waals surface area contributed by atoms with E-state index in [1.165, 1.54) is 22.2 Å². The smallest absolute Gasteiger partial charge is 0.277 e. The Balaban J connectivity index is 0.000000147. The highest BCUT2D eigenvalue weighted by Crippen LogP contribution is 2.36. The molecule has 388 valence electrons. The van der Waals surface area contributed by atoms with Crippen molar-refractivity contribution in [2.45, 2.75) is 0 Å². The minimum atomic E-state index is -0.343. The summed E-state index contributed by atoms with van der Waals surface area (Å²) in [5.41, 5.74) is 13.5. The molecule has 12 heteroatoms. The Bertz CT molecular complexity index is 4730. The van der Waals surface area contributed by atoms with E-state index in [1.807, 2.05) is 176 Å². The fourth-order valence-corrected chi connectivity index (χ4v) is 10.6. The number of nitro groups is 1. The maximum atomic E-state index is 11.6. The molecular formula is C70H46N10O2. The first-order valence-corrected chi connectivity index (χ1v) is 26.8. The van der Waals surface area contributed by atoms with Crippen LogP contribution in [0.15, 0.2) is 273 Å². The predicted molar refractivity (Wildman–Crippen MR) is 327 cm³/mol. The van der Waals surface area contributed by atoms with Crippen LogP contribution < -0.4 is 0 Å². The zero-order valence-electron chi connectivity index (χ0n) is 43.8. The van der Waals surface area contributed by atoms with Crippen LogP contribution in [-0.2, 0) is 0 Å². The van der Waals surface area contributed by atoms with Crippen molar-refractivity contribution >= 4 is 49.3 Å². The second-order valence-electron chi connectivity index (χ2n) is 19.7.